The molecule has 1 amide bonds. The van der Waals surface area contributed by atoms with Gasteiger partial charge in [0.2, 0.25) is 11.8 Å². The van der Waals surface area contributed by atoms with Gasteiger partial charge in [0.25, 0.3) is 0 Å². The number of benzene rings is 1. The first kappa shape index (κ1) is 21.5. The Morgan fingerprint density at radius 2 is 1.97 bits per heavy atom. The molecule has 166 valence electrons. The van der Waals surface area contributed by atoms with Crippen LogP contribution in [0.15, 0.2) is 53.3 Å². The molecule has 0 spiro atoms. The average molecular weight is 433 g/mol. The molecule has 0 fully saturated rings. The lowest BCUT2D eigenvalue weighted by atomic mass is 10.1. The Balaban J connectivity index is 1.67. The smallest absolute Gasteiger partial charge is 0.231 e. The molecule has 3 aromatic heterocycles. The number of aryl methyl sites for hydroxylation is 1. The average Bonchev–Trinajstić information content (AvgIpc) is 3.39. The molecule has 0 radical (unpaired) electrons. The maximum Gasteiger partial charge on any atom is 0.231 e. The van der Waals surface area contributed by atoms with Crippen LogP contribution in [0, 0.1) is 0 Å². The van der Waals surface area contributed by atoms with Gasteiger partial charge >= 0.3 is 0 Å². The van der Waals surface area contributed by atoms with Crippen LogP contribution in [0.4, 0.5) is 5.82 Å². The van der Waals surface area contributed by atoms with Crippen molar-refractivity contribution >= 4 is 22.8 Å². The van der Waals surface area contributed by atoms with Crippen molar-refractivity contribution in [3.8, 4) is 22.6 Å². The predicted molar refractivity (Wildman–Crippen MR) is 125 cm³/mol. The number of carbonyl (C=O) groups excluding carboxylic acids is 1. The molecule has 0 saturated heterocycles. The third-order valence-corrected chi connectivity index (χ3v) is 4.81. The Hall–Kier alpha value is -3.68. The summed E-state index contributed by atoms with van der Waals surface area (Å²) < 4.78 is 7.81. The van der Waals surface area contributed by atoms with E-state index in [4.69, 9.17) is 4.42 Å². The summed E-state index contributed by atoms with van der Waals surface area (Å²) in [6.07, 6.45) is 5.89. The van der Waals surface area contributed by atoms with Crippen LogP contribution in [0.5, 0.6) is 0 Å². The monoisotopic (exact) mass is 432 g/mol. The number of para-hydroxylation sites is 2. The van der Waals surface area contributed by atoms with Gasteiger partial charge in [-0.05, 0) is 45.9 Å². The second-order valence-corrected chi connectivity index (χ2v) is 8.68. The molecule has 0 saturated carbocycles. The highest BCUT2D eigenvalue weighted by atomic mass is 16.3. The van der Waals surface area contributed by atoms with E-state index in [-0.39, 0.29) is 11.4 Å². The molecule has 0 aliphatic carbocycles. The van der Waals surface area contributed by atoms with E-state index >= 15 is 0 Å². The zero-order valence-electron chi connectivity index (χ0n) is 18.8. The standard InChI is InChI=1S/C24H28N6O2/c1-5-25-21(31)10-11-30-15-17(14-27-30)16-12-18(22(26-13-16)29-24(2,3)4)23-28-19-8-6-7-9-20(19)32-23/h6-9,12-15H,5,10-11H2,1-4H3,(H,25,31)(H,26,29). The van der Waals surface area contributed by atoms with Crippen molar-refractivity contribution in [2.24, 2.45) is 0 Å². The highest BCUT2D eigenvalue weighted by molar-refractivity contribution is 5.81. The highest BCUT2D eigenvalue weighted by Gasteiger charge is 2.19. The van der Waals surface area contributed by atoms with Crippen LogP contribution < -0.4 is 10.6 Å². The minimum absolute atomic E-state index is 0.0158. The number of oxazole rings is 1. The molecular formula is C24H28N6O2. The number of hydrogen-bond acceptors (Lipinski definition) is 6. The fraction of sp³-hybridized carbons (Fsp3) is 0.333. The van der Waals surface area contributed by atoms with Gasteiger partial charge in [0, 0.05) is 48.6 Å². The number of aromatic nitrogens is 4. The van der Waals surface area contributed by atoms with Gasteiger partial charge in [-0.2, -0.15) is 5.10 Å². The topological polar surface area (TPSA) is 97.9 Å². The van der Waals surface area contributed by atoms with Crippen LogP contribution in [0.3, 0.4) is 0 Å². The van der Waals surface area contributed by atoms with E-state index in [1.165, 1.54) is 0 Å². The quantitative estimate of drug-likeness (QED) is 0.447. The largest absolute Gasteiger partial charge is 0.436 e. The lowest BCUT2D eigenvalue weighted by Crippen LogP contribution is -2.27. The van der Waals surface area contributed by atoms with E-state index in [1.807, 2.05) is 49.6 Å². The number of nitrogens with zero attached hydrogens (tertiary/aromatic N) is 4. The first-order valence-corrected chi connectivity index (χ1v) is 10.8. The summed E-state index contributed by atoms with van der Waals surface area (Å²) in [6.45, 7) is 9.29. The first-order valence-electron chi connectivity index (χ1n) is 10.8. The van der Waals surface area contributed by atoms with Crippen molar-refractivity contribution in [2.75, 3.05) is 11.9 Å². The van der Waals surface area contributed by atoms with Gasteiger partial charge < -0.3 is 15.1 Å². The number of carbonyl (C=O) groups is 1. The fourth-order valence-electron chi connectivity index (χ4n) is 3.36. The Morgan fingerprint density at radius 1 is 1.16 bits per heavy atom. The second kappa shape index (κ2) is 8.82. The van der Waals surface area contributed by atoms with Crippen molar-refractivity contribution in [1.82, 2.24) is 25.1 Å². The highest BCUT2D eigenvalue weighted by Crippen LogP contribution is 2.33. The number of hydrogen-bond donors (Lipinski definition) is 2. The van der Waals surface area contributed by atoms with Crippen molar-refractivity contribution in [2.45, 2.75) is 46.2 Å². The summed E-state index contributed by atoms with van der Waals surface area (Å²) >= 11 is 0. The normalized spacial score (nSPS) is 11.6. The van der Waals surface area contributed by atoms with Gasteiger partial charge in [0.1, 0.15) is 11.3 Å². The van der Waals surface area contributed by atoms with Gasteiger partial charge in [-0.25, -0.2) is 9.97 Å². The van der Waals surface area contributed by atoms with E-state index in [0.717, 1.165) is 27.8 Å². The third-order valence-electron chi connectivity index (χ3n) is 4.81. The number of amides is 1. The Morgan fingerprint density at radius 3 is 2.72 bits per heavy atom. The van der Waals surface area contributed by atoms with Gasteiger partial charge in [-0.15, -0.1) is 0 Å². The minimum atomic E-state index is -0.181. The minimum Gasteiger partial charge on any atom is -0.436 e. The molecular weight excluding hydrogens is 404 g/mol. The summed E-state index contributed by atoms with van der Waals surface area (Å²) in [5, 5.41) is 10.6. The predicted octanol–water partition coefficient (Wildman–Crippen LogP) is 4.49. The second-order valence-electron chi connectivity index (χ2n) is 8.68. The summed E-state index contributed by atoms with van der Waals surface area (Å²) in [7, 11) is 0. The molecule has 0 aliphatic rings. The van der Waals surface area contributed by atoms with Crippen molar-refractivity contribution in [1.29, 1.82) is 0 Å². The molecule has 2 N–H and O–H groups in total. The van der Waals surface area contributed by atoms with Crippen LogP contribution in [0.25, 0.3) is 33.7 Å². The summed E-state index contributed by atoms with van der Waals surface area (Å²) in [5.41, 5.74) is 3.93. The van der Waals surface area contributed by atoms with Crippen molar-refractivity contribution in [3.63, 3.8) is 0 Å². The Kier molecular flexibility index (Phi) is 5.94. The lowest BCUT2D eigenvalue weighted by molar-refractivity contribution is -0.121. The Labute approximate surface area is 187 Å². The van der Waals surface area contributed by atoms with Crippen molar-refractivity contribution in [3.05, 3.63) is 48.9 Å². The van der Waals surface area contributed by atoms with Crippen LogP contribution in [0.2, 0.25) is 0 Å². The van der Waals surface area contributed by atoms with Crippen LogP contribution in [-0.2, 0) is 11.3 Å². The first-order chi connectivity index (χ1) is 15.3. The van der Waals surface area contributed by atoms with Crippen LogP contribution in [0.1, 0.15) is 34.1 Å². The van der Waals surface area contributed by atoms with Gasteiger partial charge in [-0.1, -0.05) is 12.1 Å². The van der Waals surface area contributed by atoms with Gasteiger partial charge in [0.05, 0.1) is 11.8 Å². The van der Waals surface area contributed by atoms with Crippen LogP contribution >= 0.6 is 0 Å². The molecule has 4 rings (SSSR count). The number of fused-ring (bicyclic) bond motifs is 1. The molecule has 8 heteroatoms. The zero-order chi connectivity index (χ0) is 22.7. The number of nitrogens with one attached hydrogen (secondary N) is 2. The number of rotatable bonds is 7. The molecule has 0 atom stereocenters. The molecule has 0 aliphatic heterocycles. The van der Waals surface area contributed by atoms with E-state index < -0.39 is 0 Å². The molecule has 0 unspecified atom stereocenters. The molecule has 4 aromatic rings. The lowest BCUT2D eigenvalue weighted by Gasteiger charge is -2.22. The van der Waals surface area contributed by atoms with Gasteiger partial charge in [-0.3, -0.25) is 9.48 Å². The van der Waals surface area contributed by atoms with E-state index in [0.29, 0.717) is 31.2 Å². The summed E-state index contributed by atoms with van der Waals surface area (Å²) in [5.74, 6) is 1.23. The van der Waals surface area contributed by atoms with E-state index in [2.05, 4.69) is 46.5 Å². The van der Waals surface area contributed by atoms with Crippen LogP contribution in [-0.4, -0.2) is 37.7 Å². The molecule has 1 aromatic carbocycles. The summed E-state index contributed by atoms with van der Waals surface area (Å²) in [4.78, 5) is 21.1. The van der Waals surface area contributed by atoms with Crippen molar-refractivity contribution < 1.29 is 9.21 Å². The number of pyridine rings is 1. The maximum atomic E-state index is 11.7. The SMILES string of the molecule is CCNC(=O)CCn1cc(-c2cnc(NC(C)(C)C)c(-c3nc4ccccc4o3)c2)cn1. The molecule has 8 nitrogen and oxygen atoms in total. The molecule has 3 heterocycles. The number of anilines is 1. The van der Waals surface area contributed by atoms with Gasteiger partial charge in [0.15, 0.2) is 5.58 Å². The molecule has 0 bridgehead atoms. The third kappa shape index (κ3) is 4.96. The fourth-order valence-corrected chi connectivity index (χ4v) is 3.36. The molecule has 32 heavy (non-hydrogen) atoms. The Bertz CT molecular complexity index is 1200. The maximum absolute atomic E-state index is 11.7. The summed E-state index contributed by atoms with van der Waals surface area (Å²) in [6, 6.07) is 9.70. The van der Waals surface area contributed by atoms with E-state index in [1.54, 1.807) is 10.9 Å². The van der Waals surface area contributed by atoms with E-state index in [9.17, 15) is 4.79 Å². The zero-order valence-corrected chi connectivity index (χ0v) is 18.8.